The predicted octanol–water partition coefficient (Wildman–Crippen LogP) is -0.0588. The Bertz CT molecular complexity index is 1200. The van der Waals surface area contributed by atoms with Crippen molar-refractivity contribution in [1.82, 2.24) is 15.2 Å². The summed E-state index contributed by atoms with van der Waals surface area (Å²) in [5, 5.41) is 17.2. The molecule has 0 aromatic carbocycles. The van der Waals surface area contributed by atoms with Crippen molar-refractivity contribution < 1.29 is 33.3 Å². The molecule has 172 valence electrons. The number of pyridine rings is 1. The van der Waals surface area contributed by atoms with Crippen molar-refractivity contribution in [1.29, 1.82) is 0 Å². The number of nitrogens with zero attached hydrogens (tertiary/aromatic N) is 4. The molecule has 2 atom stereocenters. The summed E-state index contributed by atoms with van der Waals surface area (Å²) in [6, 6.07) is 1.82. The fraction of sp³-hybridized carbons (Fsp3) is 0.263. The Hall–Kier alpha value is -3.52. The quantitative estimate of drug-likeness (QED) is 0.210. The second-order valence-electron chi connectivity index (χ2n) is 7.01. The third kappa shape index (κ3) is 4.39. The van der Waals surface area contributed by atoms with E-state index in [1.54, 1.807) is 6.20 Å². The zero-order valence-electron chi connectivity index (χ0n) is 17.1. The number of nitrogens with two attached hydrogens (primary N) is 1. The number of hydrogen-bond donors (Lipinski definition) is 3. The predicted molar refractivity (Wildman–Crippen MR) is 116 cm³/mol. The van der Waals surface area contributed by atoms with Crippen LogP contribution < -0.4 is 15.6 Å². The summed E-state index contributed by atoms with van der Waals surface area (Å²) >= 11 is 2.41. The zero-order chi connectivity index (χ0) is 23.7. The van der Waals surface area contributed by atoms with Gasteiger partial charge in [-0.2, -0.15) is 4.57 Å². The number of carboxylic acid groups (broad SMARTS) is 1. The topological polar surface area (TPSA) is 151 Å². The number of rotatable bonds is 7. The van der Waals surface area contributed by atoms with Crippen LogP contribution in [0.4, 0.5) is 9.52 Å². The molecule has 2 aliphatic heterocycles. The Morgan fingerprint density at radius 3 is 2.94 bits per heavy atom. The van der Waals surface area contributed by atoms with Crippen LogP contribution in [0, 0.1) is 5.82 Å². The molecule has 2 amide bonds. The molecule has 2 aliphatic rings. The van der Waals surface area contributed by atoms with Gasteiger partial charge in [0.15, 0.2) is 29.4 Å². The average Bonchev–Trinajstić information content (AvgIpc) is 3.21. The fourth-order valence-corrected chi connectivity index (χ4v) is 5.40. The normalized spacial score (nSPS) is 20.2. The first-order valence-electron chi connectivity index (χ1n) is 9.48. The molecular formula is C19H18FN6O5S2+. The molecule has 4 heterocycles. The van der Waals surface area contributed by atoms with Gasteiger partial charge in [-0.15, -0.1) is 23.1 Å². The lowest BCUT2D eigenvalue weighted by Crippen LogP contribution is -2.71. The Kier molecular flexibility index (Phi) is 6.29. The highest BCUT2D eigenvalue weighted by atomic mass is 32.2. The average molecular weight is 494 g/mol. The van der Waals surface area contributed by atoms with Crippen LogP contribution >= 0.6 is 23.1 Å². The summed E-state index contributed by atoms with van der Waals surface area (Å²) < 4.78 is 15.0. The number of hydrogen-bond acceptors (Lipinski definition) is 9. The molecule has 0 unspecified atom stereocenters. The van der Waals surface area contributed by atoms with Gasteiger partial charge >= 0.3 is 5.97 Å². The molecule has 0 spiro atoms. The molecule has 2 aromatic rings. The molecule has 1 fully saturated rings. The van der Waals surface area contributed by atoms with Crippen molar-refractivity contribution in [2.75, 3.05) is 18.6 Å². The monoisotopic (exact) mass is 493 g/mol. The van der Waals surface area contributed by atoms with E-state index >= 15 is 0 Å². The Morgan fingerprint density at radius 1 is 1.52 bits per heavy atom. The van der Waals surface area contributed by atoms with Crippen LogP contribution in [0.15, 0.2) is 46.3 Å². The number of amides is 2. The molecule has 4 rings (SSSR count). The minimum absolute atomic E-state index is 0.107. The molecular weight excluding hydrogens is 475 g/mol. The molecule has 33 heavy (non-hydrogen) atoms. The van der Waals surface area contributed by atoms with E-state index in [4.69, 9.17) is 10.6 Å². The lowest BCUT2D eigenvalue weighted by atomic mass is 10.0. The maximum Gasteiger partial charge on any atom is 0.352 e. The van der Waals surface area contributed by atoms with E-state index in [1.807, 2.05) is 0 Å². The van der Waals surface area contributed by atoms with Gasteiger partial charge in [-0.3, -0.25) is 14.5 Å². The number of anilines is 1. The maximum absolute atomic E-state index is 13.5. The summed E-state index contributed by atoms with van der Waals surface area (Å²) in [6.45, 7) is 0.107. The van der Waals surface area contributed by atoms with Crippen molar-refractivity contribution in [3.8, 4) is 0 Å². The van der Waals surface area contributed by atoms with Gasteiger partial charge in [-0.1, -0.05) is 5.16 Å². The standard InChI is InChI=1S/C19H17FN6O5S2/c1-31-24-12(11-8-33-19(21)22-11)15(27)23-13-16(28)26-14(18(29)30)9(7-32-17(13)26)5-25-4-2-3-10(20)6-25/h2-4,6,8,13,17H,5,7H2,1H3,(H3-,21,22,23,27,29,30)/p+1/b24-12-/t13-,17-/m1/s1. The SMILES string of the molecule is CO/N=C(\C(=O)N[C@@H]1C(=O)N2C(C(=O)O)=C(C[n+]3cccc(F)c3)CS[C@H]12)c1csc(N)n1. The van der Waals surface area contributed by atoms with Crippen molar-refractivity contribution in [3.05, 3.63) is 52.7 Å². The molecule has 0 bridgehead atoms. The summed E-state index contributed by atoms with van der Waals surface area (Å²) in [4.78, 5) is 47.5. The molecule has 2 aromatic heterocycles. The zero-order valence-corrected chi connectivity index (χ0v) is 18.7. The number of oxime groups is 1. The number of thioether (sulfide) groups is 1. The number of nitrogens with one attached hydrogen (secondary N) is 1. The number of thiazole rings is 1. The van der Waals surface area contributed by atoms with Gasteiger partial charge in [-0.05, 0) is 6.07 Å². The molecule has 0 saturated carbocycles. The Balaban J connectivity index is 1.54. The third-order valence-electron chi connectivity index (χ3n) is 4.89. The first-order chi connectivity index (χ1) is 15.8. The van der Waals surface area contributed by atoms with Crippen LogP contribution in [0.2, 0.25) is 0 Å². The second-order valence-corrected chi connectivity index (χ2v) is 9.00. The van der Waals surface area contributed by atoms with Crippen LogP contribution in [-0.4, -0.2) is 62.8 Å². The Labute approximate surface area is 194 Å². The van der Waals surface area contributed by atoms with E-state index in [2.05, 4.69) is 15.5 Å². The first-order valence-corrected chi connectivity index (χ1v) is 11.4. The summed E-state index contributed by atoms with van der Waals surface area (Å²) in [5.41, 5.74) is 5.94. The van der Waals surface area contributed by atoms with Gasteiger partial charge in [-0.25, -0.2) is 14.2 Å². The molecule has 11 nitrogen and oxygen atoms in total. The van der Waals surface area contributed by atoms with Crippen molar-refractivity contribution >= 4 is 51.7 Å². The largest absolute Gasteiger partial charge is 0.477 e. The van der Waals surface area contributed by atoms with Gasteiger partial charge in [0.25, 0.3) is 11.8 Å². The van der Waals surface area contributed by atoms with Crippen LogP contribution in [-0.2, 0) is 25.8 Å². The highest BCUT2D eigenvalue weighted by molar-refractivity contribution is 8.00. The number of carbonyl (C=O) groups excluding carboxylic acids is 2. The second kappa shape index (κ2) is 9.15. The van der Waals surface area contributed by atoms with Crippen LogP contribution in [0.5, 0.6) is 0 Å². The lowest BCUT2D eigenvalue weighted by molar-refractivity contribution is -0.690. The number of carbonyl (C=O) groups is 3. The van der Waals surface area contributed by atoms with E-state index in [0.29, 0.717) is 5.57 Å². The van der Waals surface area contributed by atoms with Crippen LogP contribution in [0.25, 0.3) is 0 Å². The van der Waals surface area contributed by atoms with Crippen LogP contribution in [0.1, 0.15) is 5.69 Å². The number of halogens is 1. The molecule has 1 saturated heterocycles. The third-order valence-corrected chi connectivity index (χ3v) is 6.91. The van der Waals surface area contributed by atoms with Crippen molar-refractivity contribution in [2.45, 2.75) is 18.0 Å². The molecule has 0 aliphatic carbocycles. The van der Waals surface area contributed by atoms with E-state index in [-0.39, 0.29) is 34.5 Å². The highest BCUT2D eigenvalue weighted by Gasteiger charge is 2.54. The number of carboxylic acids is 1. The number of β-lactam (4-membered cyclic amide) rings is 1. The maximum atomic E-state index is 13.5. The van der Waals surface area contributed by atoms with Crippen molar-refractivity contribution in [2.24, 2.45) is 5.16 Å². The Morgan fingerprint density at radius 2 is 2.30 bits per heavy atom. The molecule has 14 heteroatoms. The van der Waals surface area contributed by atoms with Gasteiger partial charge in [0.05, 0.1) is 0 Å². The summed E-state index contributed by atoms with van der Waals surface area (Å²) in [7, 11) is 1.26. The summed E-state index contributed by atoms with van der Waals surface area (Å²) in [6.07, 6.45) is 2.85. The van der Waals surface area contributed by atoms with Gasteiger partial charge in [0, 0.05) is 22.8 Å². The van der Waals surface area contributed by atoms with E-state index < -0.39 is 35.0 Å². The van der Waals surface area contributed by atoms with Gasteiger partial charge in [0.1, 0.15) is 29.9 Å². The van der Waals surface area contributed by atoms with E-state index in [0.717, 1.165) is 16.2 Å². The fourth-order valence-electron chi connectivity index (χ4n) is 3.52. The van der Waals surface area contributed by atoms with Gasteiger partial charge in [0.2, 0.25) is 6.20 Å². The van der Waals surface area contributed by atoms with Gasteiger partial charge < -0.3 is 21.0 Å². The summed E-state index contributed by atoms with van der Waals surface area (Å²) in [5.74, 6) is -2.73. The minimum Gasteiger partial charge on any atom is -0.477 e. The lowest BCUT2D eigenvalue weighted by Gasteiger charge is -2.49. The smallest absolute Gasteiger partial charge is 0.352 e. The highest BCUT2D eigenvalue weighted by Crippen LogP contribution is 2.40. The number of fused-ring (bicyclic) bond motifs is 1. The number of nitrogen functional groups attached to an aromatic ring is 1. The first kappa shape index (κ1) is 22.7. The molecule has 4 N–H and O–H groups in total. The number of aromatic nitrogens is 2. The minimum atomic E-state index is -1.27. The van der Waals surface area contributed by atoms with Crippen LogP contribution in [0.3, 0.4) is 0 Å². The van der Waals surface area contributed by atoms with E-state index in [9.17, 15) is 23.9 Å². The number of aliphatic carboxylic acids is 1. The molecule has 0 radical (unpaired) electrons. The van der Waals surface area contributed by atoms with Crippen molar-refractivity contribution in [3.63, 3.8) is 0 Å². The van der Waals surface area contributed by atoms with E-state index in [1.165, 1.54) is 47.1 Å².